The Morgan fingerprint density at radius 1 is 1.05 bits per heavy atom. The maximum absolute atomic E-state index is 12.2. The van der Waals surface area contributed by atoms with Crippen molar-refractivity contribution in [3.05, 3.63) is 24.4 Å². The zero-order chi connectivity index (χ0) is 13.8. The molecule has 3 rings (SSSR count). The van der Waals surface area contributed by atoms with Crippen LogP contribution in [-0.4, -0.2) is 66.5 Å². The first-order valence-electron chi connectivity index (χ1n) is 7.49. The fraction of sp³-hybridized carbons (Fsp3) is 0.600. The molecule has 0 spiro atoms. The van der Waals surface area contributed by atoms with Crippen molar-refractivity contribution in [1.82, 2.24) is 14.8 Å². The Labute approximate surface area is 120 Å². The van der Waals surface area contributed by atoms with E-state index < -0.39 is 0 Å². The van der Waals surface area contributed by atoms with Crippen molar-refractivity contribution in [2.75, 3.05) is 50.7 Å². The van der Waals surface area contributed by atoms with E-state index in [2.05, 4.69) is 14.8 Å². The minimum Gasteiger partial charge on any atom is -0.353 e. The zero-order valence-electron chi connectivity index (χ0n) is 11.9. The van der Waals surface area contributed by atoms with Crippen LogP contribution in [0.2, 0.25) is 0 Å². The molecular weight excluding hydrogens is 252 g/mol. The number of carbonyl (C=O) groups is 1. The maximum atomic E-state index is 12.2. The molecule has 0 aromatic carbocycles. The lowest BCUT2D eigenvalue weighted by molar-refractivity contribution is -0.132. The number of nitrogens with zero attached hydrogens (tertiary/aromatic N) is 4. The van der Waals surface area contributed by atoms with Gasteiger partial charge in [-0.2, -0.15) is 0 Å². The van der Waals surface area contributed by atoms with Crippen LogP contribution in [0.5, 0.6) is 0 Å². The average molecular weight is 274 g/mol. The van der Waals surface area contributed by atoms with Gasteiger partial charge in [0.15, 0.2) is 0 Å². The van der Waals surface area contributed by atoms with Crippen LogP contribution < -0.4 is 4.90 Å². The largest absolute Gasteiger partial charge is 0.353 e. The highest BCUT2D eigenvalue weighted by Gasteiger charge is 2.24. The van der Waals surface area contributed by atoms with Gasteiger partial charge >= 0.3 is 0 Å². The molecule has 5 heteroatoms. The number of piperazine rings is 1. The van der Waals surface area contributed by atoms with Crippen LogP contribution in [-0.2, 0) is 4.79 Å². The fourth-order valence-corrected chi connectivity index (χ4v) is 2.96. The monoisotopic (exact) mass is 274 g/mol. The van der Waals surface area contributed by atoms with E-state index in [1.807, 2.05) is 29.3 Å². The number of pyridine rings is 1. The first kappa shape index (κ1) is 13.4. The summed E-state index contributed by atoms with van der Waals surface area (Å²) in [5.41, 5.74) is 0. The summed E-state index contributed by atoms with van der Waals surface area (Å²) in [6, 6.07) is 5.97. The van der Waals surface area contributed by atoms with Crippen LogP contribution in [0.4, 0.5) is 5.82 Å². The second-order valence-corrected chi connectivity index (χ2v) is 5.54. The number of carbonyl (C=O) groups excluding carboxylic acids is 1. The fourth-order valence-electron chi connectivity index (χ4n) is 2.96. The molecule has 0 unspecified atom stereocenters. The molecule has 0 aliphatic carbocycles. The van der Waals surface area contributed by atoms with E-state index in [4.69, 9.17) is 0 Å². The van der Waals surface area contributed by atoms with Gasteiger partial charge in [-0.15, -0.1) is 0 Å². The van der Waals surface area contributed by atoms with Crippen LogP contribution >= 0.6 is 0 Å². The van der Waals surface area contributed by atoms with Crippen molar-refractivity contribution in [2.45, 2.75) is 12.8 Å². The first-order chi connectivity index (χ1) is 9.83. The predicted molar refractivity (Wildman–Crippen MR) is 78.7 cm³/mol. The van der Waals surface area contributed by atoms with Gasteiger partial charge in [-0.25, -0.2) is 4.98 Å². The molecule has 1 amide bonds. The van der Waals surface area contributed by atoms with E-state index in [0.717, 1.165) is 45.1 Å². The van der Waals surface area contributed by atoms with Gasteiger partial charge in [-0.05, 0) is 38.1 Å². The second-order valence-electron chi connectivity index (χ2n) is 5.54. The lowest BCUT2D eigenvalue weighted by Crippen LogP contribution is -2.51. The summed E-state index contributed by atoms with van der Waals surface area (Å²) in [5.74, 6) is 1.30. The Balaban J connectivity index is 1.49. The van der Waals surface area contributed by atoms with Crippen LogP contribution in [0.3, 0.4) is 0 Å². The van der Waals surface area contributed by atoms with Crippen LogP contribution in [0.15, 0.2) is 24.4 Å². The van der Waals surface area contributed by atoms with Crippen LogP contribution in [0, 0.1) is 0 Å². The summed E-state index contributed by atoms with van der Waals surface area (Å²) in [7, 11) is 0. The minimum atomic E-state index is 0.285. The quantitative estimate of drug-likeness (QED) is 0.818. The van der Waals surface area contributed by atoms with Gasteiger partial charge in [0.05, 0.1) is 6.54 Å². The summed E-state index contributed by atoms with van der Waals surface area (Å²) in [4.78, 5) is 23.1. The normalized spacial score (nSPS) is 20.4. The lowest BCUT2D eigenvalue weighted by Gasteiger charge is -2.36. The lowest BCUT2D eigenvalue weighted by atomic mass is 10.3. The van der Waals surface area contributed by atoms with Gasteiger partial charge in [0, 0.05) is 32.4 Å². The number of amides is 1. The highest BCUT2D eigenvalue weighted by Crippen LogP contribution is 2.13. The molecule has 20 heavy (non-hydrogen) atoms. The van der Waals surface area contributed by atoms with Crippen molar-refractivity contribution in [3.8, 4) is 0 Å². The maximum Gasteiger partial charge on any atom is 0.236 e. The zero-order valence-corrected chi connectivity index (χ0v) is 11.9. The van der Waals surface area contributed by atoms with E-state index in [9.17, 15) is 4.79 Å². The van der Waals surface area contributed by atoms with Gasteiger partial charge in [0.25, 0.3) is 0 Å². The molecule has 2 fully saturated rings. The van der Waals surface area contributed by atoms with Crippen molar-refractivity contribution < 1.29 is 4.79 Å². The van der Waals surface area contributed by atoms with E-state index >= 15 is 0 Å². The molecule has 2 aliphatic rings. The third kappa shape index (κ3) is 3.10. The molecule has 0 N–H and O–H groups in total. The summed E-state index contributed by atoms with van der Waals surface area (Å²) in [6.45, 7) is 6.14. The van der Waals surface area contributed by atoms with Crippen molar-refractivity contribution >= 4 is 11.7 Å². The van der Waals surface area contributed by atoms with E-state index in [1.54, 1.807) is 0 Å². The molecule has 2 saturated heterocycles. The molecule has 3 heterocycles. The molecule has 108 valence electrons. The second kappa shape index (κ2) is 6.22. The standard InChI is InChI=1S/C15H22N4O/c20-15(13-17-7-3-4-8-17)19-11-9-18(10-12-19)14-5-1-2-6-16-14/h1-2,5-6H,3-4,7-13H2. The van der Waals surface area contributed by atoms with Crippen molar-refractivity contribution in [3.63, 3.8) is 0 Å². The average Bonchev–Trinajstić information content (AvgIpc) is 3.01. The summed E-state index contributed by atoms with van der Waals surface area (Å²) < 4.78 is 0. The van der Waals surface area contributed by atoms with Gasteiger partial charge in [0.2, 0.25) is 5.91 Å². The molecule has 0 atom stereocenters. The highest BCUT2D eigenvalue weighted by atomic mass is 16.2. The minimum absolute atomic E-state index is 0.285. The van der Waals surface area contributed by atoms with Gasteiger partial charge in [0.1, 0.15) is 5.82 Å². The number of rotatable bonds is 3. The Morgan fingerprint density at radius 2 is 1.80 bits per heavy atom. The topological polar surface area (TPSA) is 39.7 Å². The SMILES string of the molecule is O=C(CN1CCCC1)N1CCN(c2ccccn2)CC1. The Hall–Kier alpha value is -1.62. The Kier molecular flexibility index (Phi) is 4.16. The van der Waals surface area contributed by atoms with E-state index in [1.165, 1.54) is 12.8 Å². The third-order valence-corrected chi connectivity index (χ3v) is 4.16. The summed E-state index contributed by atoms with van der Waals surface area (Å²) >= 11 is 0. The molecule has 0 saturated carbocycles. The van der Waals surface area contributed by atoms with Gasteiger partial charge in [-0.3, -0.25) is 9.69 Å². The van der Waals surface area contributed by atoms with E-state index in [-0.39, 0.29) is 5.91 Å². The Bertz CT molecular complexity index is 436. The molecule has 5 nitrogen and oxygen atoms in total. The molecule has 0 bridgehead atoms. The smallest absolute Gasteiger partial charge is 0.236 e. The van der Waals surface area contributed by atoms with Crippen LogP contribution in [0.25, 0.3) is 0 Å². The van der Waals surface area contributed by atoms with Gasteiger partial charge in [-0.1, -0.05) is 6.07 Å². The number of aromatic nitrogens is 1. The van der Waals surface area contributed by atoms with Crippen LogP contribution in [0.1, 0.15) is 12.8 Å². The number of hydrogen-bond donors (Lipinski definition) is 0. The van der Waals surface area contributed by atoms with Crippen molar-refractivity contribution in [2.24, 2.45) is 0 Å². The molecular formula is C15H22N4O. The third-order valence-electron chi connectivity index (χ3n) is 4.16. The number of likely N-dealkylation sites (tertiary alicyclic amines) is 1. The Morgan fingerprint density at radius 3 is 2.45 bits per heavy atom. The molecule has 1 aromatic rings. The molecule has 1 aromatic heterocycles. The van der Waals surface area contributed by atoms with Crippen molar-refractivity contribution in [1.29, 1.82) is 0 Å². The first-order valence-corrected chi connectivity index (χ1v) is 7.49. The molecule has 0 radical (unpaired) electrons. The highest BCUT2D eigenvalue weighted by molar-refractivity contribution is 5.78. The van der Waals surface area contributed by atoms with E-state index in [0.29, 0.717) is 6.54 Å². The van der Waals surface area contributed by atoms with Gasteiger partial charge < -0.3 is 9.80 Å². The molecule has 2 aliphatic heterocycles. The number of anilines is 1. The number of hydrogen-bond acceptors (Lipinski definition) is 4. The summed E-state index contributed by atoms with van der Waals surface area (Å²) in [5, 5.41) is 0. The predicted octanol–water partition coefficient (Wildman–Crippen LogP) is 0.826. The summed E-state index contributed by atoms with van der Waals surface area (Å²) in [6.07, 6.45) is 4.29.